The molecular weight excluding hydrogens is 328 g/mol. The Morgan fingerprint density at radius 1 is 1.12 bits per heavy atom. The van der Waals surface area contributed by atoms with Crippen LogP contribution in [0, 0.1) is 5.92 Å². The third-order valence-corrected chi connectivity index (χ3v) is 4.34. The van der Waals surface area contributed by atoms with Gasteiger partial charge in [0, 0.05) is 19.3 Å². The zero-order chi connectivity index (χ0) is 18.5. The van der Waals surface area contributed by atoms with E-state index in [2.05, 4.69) is 19.2 Å². The molecule has 1 aliphatic rings. The number of nitrogens with one attached hydrogen (secondary N) is 1. The van der Waals surface area contributed by atoms with Gasteiger partial charge in [0.2, 0.25) is 0 Å². The van der Waals surface area contributed by atoms with E-state index in [-0.39, 0.29) is 12.1 Å². The molecule has 138 valence electrons. The molecule has 0 fully saturated rings. The van der Waals surface area contributed by atoms with Crippen molar-refractivity contribution in [2.75, 3.05) is 32.2 Å². The molecule has 0 spiro atoms. The fourth-order valence-corrected chi connectivity index (χ4v) is 2.99. The predicted octanol–water partition coefficient (Wildman–Crippen LogP) is 3.93. The maximum absolute atomic E-state index is 13.0. The van der Waals surface area contributed by atoms with Gasteiger partial charge in [-0.3, -0.25) is 4.79 Å². The molecule has 5 nitrogen and oxygen atoms in total. The Morgan fingerprint density at radius 2 is 1.85 bits per heavy atom. The molecule has 2 aromatic rings. The van der Waals surface area contributed by atoms with Gasteiger partial charge in [0.15, 0.2) is 0 Å². The van der Waals surface area contributed by atoms with E-state index >= 15 is 0 Å². The fraction of sp³-hybridized carbons (Fsp3) is 0.381. The molecule has 5 heteroatoms. The Labute approximate surface area is 154 Å². The number of carbonyl (C=O) groups is 1. The van der Waals surface area contributed by atoms with Crippen LogP contribution < -0.4 is 10.1 Å². The monoisotopic (exact) mass is 354 g/mol. The number of benzene rings is 2. The second kappa shape index (κ2) is 8.23. The summed E-state index contributed by atoms with van der Waals surface area (Å²) < 4.78 is 11.0. The van der Waals surface area contributed by atoms with Crippen molar-refractivity contribution in [1.29, 1.82) is 0 Å². The van der Waals surface area contributed by atoms with Crippen molar-refractivity contribution in [3.05, 3.63) is 59.7 Å². The van der Waals surface area contributed by atoms with Gasteiger partial charge in [-0.1, -0.05) is 38.1 Å². The summed E-state index contributed by atoms with van der Waals surface area (Å²) in [5, 5.41) is 3.48. The fourth-order valence-electron chi connectivity index (χ4n) is 2.99. The second-order valence-corrected chi connectivity index (χ2v) is 6.86. The standard InChI is InChI=1S/C21H26N2O3/c1-15(2)14-26-17-10-8-16(9-11-17)20-22-19-7-5-4-6-18(19)21(24)23(20)12-13-25-3/h4-11,15,20,22H,12-14H2,1-3H3. The summed E-state index contributed by atoms with van der Waals surface area (Å²) in [5.74, 6) is 1.34. The van der Waals surface area contributed by atoms with Gasteiger partial charge in [-0.15, -0.1) is 0 Å². The topological polar surface area (TPSA) is 50.8 Å². The molecule has 1 aliphatic heterocycles. The van der Waals surface area contributed by atoms with Gasteiger partial charge in [-0.25, -0.2) is 0 Å². The molecule has 26 heavy (non-hydrogen) atoms. The van der Waals surface area contributed by atoms with E-state index in [0.717, 1.165) is 17.0 Å². The number of fused-ring (bicyclic) bond motifs is 1. The van der Waals surface area contributed by atoms with Crippen LogP contribution in [0.1, 0.15) is 35.9 Å². The van der Waals surface area contributed by atoms with E-state index in [1.54, 1.807) is 7.11 Å². The van der Waals surface area contributed by atoms with E-state index in [4.69, 9.17) is 9.47 Å². The van der Waals surface area contributed by atoms with Crippen LogP contribution in [-0.2, 0) is 4.74 Å². The summed E-state index contributed by atoms with van der Waals surface area (Å²) in [6.07, 6.45) is -0.230. The normalized spacial score (nSPS) is 16.4. The molecule has 0 saturated heterocycles. The molecule has 0 saturated carbocycles. The third kappa shape index (κ3) is 3.99. The van der Waals surface area contributed by atoms with Crippen molar-refractivity contribution in [2.24, 2.45) is 5.92 Å². The van der Waals surface area contributed by atoms with Gasteiger partial charge < -0.3 is 19.7 Å². The van der Waals surface area contributed by atoms with Crippen molar-refractivity contribution >= 4 is 11.6 Å². The smallest absolute Gasteiger partial charge is 0.257 e. The van der Waals surface area contributed by atoms with Crippen LogP contribution in [-0.4, -0.2) is 37.7 Å². The van der Waals surface area contributed by atoms with Crippen LogP contribution in [0.2, 0.25) is 0 Å². The highest BCUT2D eigenvalue weighted by Crippen LogP contribution is 2.33. The lowest BCUT2D eigenvalue weighted by molar-refractivity contribution is 0.0609. The zero-order valence-electron chi connectivity index (χ0n) is 15.6. The van der Waals surface area contributed by atoms with E-state index < -0.39 is 0 Å². The van der Waals surface area contributed by atoms with E-state index in [9.17, 15) is 4.79 Å². The van der Waals surface area contributed by atoms with Crippen LogP contribution in [0.5, 0.6) is 5.75 Å². The summed E-state index contributed by atoms with van der Waals surface area (Å²) in [4.78, 5) is 14.8. The average molecular weight is 354 g/mol. The van der Waals surface area contributed by atoms with Gasteiger partial charge in [-0.2, -0.15) is 0 Å². The predicted molar refractivity (Wildman–Crippen MR) is 102 cm³/mol. The van der Waals surface area contributed by atoms with Crippen molar-refractivity contribution in [1.82, 2.24) is 4.90 Å². The third-order valence-electron chi connectivity index (χ3n) is 4.34. The molecule has 3 rings (SSSR count). The summed E-state index contributed by atoms with van der Waals surface area (Å²) >= 11 is 0. The number of carbonyl (C=O) groups excluding carboxylic acids is 1. The number of rotatable bonds is 7. The highest BCUT2D eigenvalue weighted by atomic mass is 16.5. The lowest BCUT2D eigenvalue weighted by Crippen LogP contribution is -2.44. The second-order valence-electron chi connectivity index (χ2n) is 6.86. The Kier molecular flexibility index (Phi) is 5.78. The molecule has 2 aromatic carbocycles. The maximum atomic E-state index is 13.0. The van der Waals surface area contributed by atoms with Crippen LogP contribution in [0.15, 0.2) is 48.5 Å². The number of amides is 1. The number of hydrogen-bond donors (Lipinski definition) is 1. The van der Waals surface area contributed by atoms with Crippen LogP contribution in [0.3, 0.4) is 0 Å². The number of anilines is 1. The first kappa shape index (κ1) is 18.3. The first-order valence-corrected chi connectivity index (χ1v) is 8.98. The molecular formula is C21H26N2O3. The summed E-state index contributed by atoms with van der Waals surface area (Å²) in [6, 6.07) is 15.5. The van der Waals surface area contributed by atoms with Crippen molar-refractivity contribution in [3.63, 3.8) is 0 Å². The van der Waals surface area contributed by atoms with Crippen molar-refractivity contribution < 1.29 is 14.3 Å². The lowest BCUT2D eigenvalue weighted by atomic mass is 10.0. The molecule has 1 heterocycles. The number of para-hydroxylation sites is 1. The molecule has 0 bridgehead atoms. The number of ether oxygens (including phenoxy) is 2. The first-order valence-electron chi connectivity index (χ1n) is 8.98. The van der Waals surface area contributed by atoms with Gasteiger partial charge in [0.1, 0.15) is 11.9 Å². The minimum Gasteiger partial charge on any atom is -0.493 e. The van der Waals surface area contributed by atoms with Gasteiger partial charge in [0.05, 0.1) is 18.8 Å². The highest BCUT2D eigenvalue weighted by Gasteiger charge is 2.32. The average Bonchev–Trinajstić information content (AvgIpc) is 2.66. The molecule has 1 atom stereocenters. The molecule has 1 amide bonds. The Balaban J connectivity index is 1.85. The highest BCUT2D eigenvalue weighted by molar-refractivity contribution is 6.01. The van der Waals surface area contributed by atoms with Crippen LogP contribution >= 0.6 is 0 Å². The lowest BCUT2D eigenvalue weighted by Gasteiger charge is -2.38. The van der Waals surface area contributed by atoms with Crippen LogP contribution in [0.25, 0.3) is 0 Å². The van der Waals surface area contributed by atoms with Crippen LogP contribution in [0.4, 0.5) is 5.69 Å². The molecule has 0 aliphatic carbocycles. The zero-order valence-corrected chi connectivity index (χ0v) is 15.6. The number of methoxy groups -OCH3 is 1. The van der Waals surface area contributed by atoms with Gasteiger partial charge in [0.25, 0.3) is 5.91 Å². The molecule has 0 radical (unpaired) electrons. The van der Waals surface area contributed by atoms with E-state index in [1.807, 2.05) is 53.4 Å². The van der Waals surface area contributed by atoms with Gasteiger partial charge in [-0.05, 0) is 35.7 Å². The maximum Gasteiger partial charge on any atom is 0.257 e. The Morgan fingerprint density at radius 3 is 2.54 bits per heavy atom. The minimum atomic E-state index is -0.230. The van der Waals surface area contributed by atoms with E-state index in [0.29, 0.717) is 31.2 Å². The summed E-state index contributed by atoms with van der Waals surface area (Å²) in [7, 11) is 1.64. The Bertz CT molecular complexity index is 743. The minimum absolute atomic E-state index is 0.0153. The van der Waals surface area contributed by atoms with Crippen molar-refractivity contribution in [3.8, 4) is 5.75 Å². The summed E-state index contributed by atoms with van der Waals surface area (Å²) in [5.41, 5.74) is 2.56. The molecule has 1 N–H and O–H groups in total. The summed E-state index contributed by atoms with van der Waals surface area (Å²) in [6.45, 7) is 5.94. The number of nitrogens with zero attached hydrogens (tertiary/aromatic N) is 1. The quantitative estimate of drug-likeness (QED) is 0.818. The van der Waals surface area contributed by atoms with Gasteiger partial charge >= 0.3 is 0 Å². The Hall–Kier alpha value is -2.53. The molecule has 0 aromatic heterocycles. The number of hydrogen-bond acceptors (Lipinski definition) is 4. The largest absolute Gasteiger partial charge is 0.493 e. The van der Waals surface area contributed by atoms with E-state index in [1.165, 1.54) is 0 Å². The van der Waals surface area contributed by atoms with Crippen molar-refractivity contribution in [2.45, 2.75) is 20.0 Å². The molecule has 1 unspecified atom stereocenters. The SMILES string of the molecule is COCCN1C(=O)c2ccccc2NC1c1ccc(OCC(C)C)cc1. The first-order chi connectivity index (χ1) is 12.6.